The topological polar surface area (TPSA) is 66.9 Å². The average Bonchev–Trinajstić information content (AvgIpc) is 3.18. The highest BCUT2D eigenvalue weighted by atomic mass is 35.5. The smallest absolute Gasteiger partial charge is 0.259 e. The molecule has 0 saturated heterocycles. The largest absolute Gasteiger partial charge is 0.296 e. The van der Waals surface area contributed by atoms with Gasteiger partial charge in [-0.3, -0.25) is 14.8 Å². The minimum absolute atomic E-state index is 0.208. The van der Waals surface area contributed by atoms with Crippen molar-refractivity contribution >= 4 is 57.5 Å². The zero-order valence-electron chi connectivity index (χ0n) is 16.1. The summed E-state index contributed by atoms with van der Waals surface area (Å²) in [4.78, 5) is 13.6. The Morgan fingerprint density at radius 2 is 1.90 bits per heavy atom. The van der Waals surface area contributed by atoms with E-state index < -0.39 is 0 Å². The average molecular weight is 467 g/mol. The van der Waals surface area contributed by atoms with Gasteiger partial charge in [0.1, 0.15) is 5.01 Å². The lowest BCUT2D eigenvalue weighted by Crippen LogP contribution is -2.18. The highest BCUT2D eigenvalue weighted by molar-refractivity contribution is 7.97. The molecule has 0 saturated carbocycles. The van der Waals surface area contributed by atoms with Gasteiger partial charge in [0.15, 0.2) is 0 Å². The normalized spacial score (nSPS) is 11.5. The molecular formula is C20H20Cl2N4OS2. The van der Waals surface area contributed by atoms with Crippen LogP contribution in [0.5, 0.6) is 0 Å². The SMILES string of the molecule is CCNSc1cc(Cl)c(Cl)c(C(=O)Nc2nnc(C(C)(C)c3ccccc3)s2)c1. The summed E-state index contributed by atoms with van der Waals surface area (Å²) in [6.45, 7) is 6.92. The van der Waals surface area contributed by atoms with Crippen LogP contribution in [0.3, 0.4) is 0 Å². The van der Waals surface area contributed by atoms with E-state index in [9.17, 15) is 4.79 Å². The summed E-state index contributed by atoms with van der Waals surface area (Å²) in [5.41, 5.74) is 1.08. The molecule has 152 valence electrons. The lowest BCUT2D eigenvalue weighted by molar-refractivity contribution is 0.102. The van der Waals surface area contributed by atoms with Gasteiger partial charge >= 0.3 is 0 Å². The molecule has 1 amide bonds. The van der Waals surface area contributed by atoms with Crippen LogP contribution in [0.2, 0.25) is 10.0 Å². The van der Waals surface area contributed by atoms with E-state index >= 15 is 0 Å². The van der Waals surface area contributed by atoms with E-state index in [4.69, 9.17) is 23.2 Å². The number of hydrogen-bond donors (Lipinski definition) is 2. The van der Waals surface area contributed by atoms with Crippen LogP contribution in [0.25, 0.3) is 0 Å². The molecule has 0 radical (unpaired) electrons. The van der Waals surface area contributed by atoms with E-state index in [2.05, 4.69) is 46.2 Å². The summed E-state index contributed by atoms with van der Waals surface area (Å²) in [5, 5.41) is 13.0. The first kappa shape index (κ1) is 22.1. The van der Waals surface area contributed by atoms with Crippen LogP contribution >= 0.6 is 46.5 Å². The molecule has 0 aliphatic heterocycles. The molecule has 0 fully saturated rings. The molecular weight excluding hydrogens is 447 g/mol. The molecule has 29 heavy (non-hydrogen) atoms. The second-order valence-electron chi connectivity index (χ2n) is 6.72. The first-order valence-electron chi connectivity index (χ1n) is 8.92. The molecule has 3 aromatic rings. The second-order valence-corrected chi connectivity index (χ2v) is 9.45. The lowest BCUT2D eigenvalue weighted by Gasteiger charge is -2.21. The summed E-state index contributed by atoms with van der Waals surface area (Å²) in [6, 6.07) is 13.5. The van der Waals surface area contributed by atoms with Crippen molar-refractivity contribution in [2.45, 2.75) is 31.1 Å². The van der Waals surface area contributed by atoms with Crippen LogP contribution in [0, 0.1) is 0 Å². The fourth-order valence-electron chi connectivity index (χ4n) is 2.61. The van der Waals surface area contributed by atoms with Gasteiger partial charge in [-0.05, 0) is 43.5 Å². The monoisotopic (exact) mass is 466 g/mol. The molecule has 0 aliphatic rings. The third-order valence-corrected chi connectivity index (χ3v) is 7.13. The van der Waals surface area contributed by atoms with Crippen molar-refractivity contribution < 1.29 is 4.79 Å². The van der Waals surface area contributed by atoms with Gasteiger partial charge in [-0.25, -0.2) is 0 Å². The molecule has 2 aromatic carbocycles. The molecule has 3 rings (SSSR count). The van der Waals surface area contributed by atoms with Crippen molar-refractivity contribution in [3.63, 3.8) is 0 Å². The Morgan fingerprint density at radius 3 is 2.59 bits per heavy atom. The van der Waals surface area contributed by atoms with Crippen LogP contribution in [-0.4, -0.2) is 22.6 Å². The molecule has 1 heterocycles. The third-order valence-electron chi connectivity index (χ3n) is 4.26. The number of nitrogens with one attached hydrogen (secondary N) is 2. The molecule has 5 nitrogen and oxygen atoms in total. The van der Waals surface area contributed by atoms with Crippen molar-refractivity contribution in [3.05, 3.63) is 68.6 Å². The van der Waals surface area contributed by atoms with Crippen molar-refractivity contribution in [2.24, 2.45) is 0 Å². The maximum absolute atomic E-state index is 12.8. The highest BCUT2D eigenvalue weighted by Gasteiger charge is 2.28. The number of rotatable bonds is 7. The Kier molecular flexibility index (Phi) is 7.19. The van der Waals surface area contributed by atoms with Gasteiger partial charge in [0, 0.05) is 16.9 Å². The number of carbonyl (C=O) groups is 1. The van der Waals surface area contributed by atoms with Gasteiger partial charge in [-0.2, -0.15) is 0 Å². The third kappa shape index (κ3) is 5.10. The van der Waals surface area contributed by atoms with Gasteiger partial charge < -0.3 is 0 Å². The predicted molar refractivity (Wildman–Crippen MR) is 122 cm³/mol. The van der Waals surface area contributed by atoms with E-state index in [1.807, 2.05) is 25.1 Å². The molecule has 9 heteroatoms. The first-order valence-corrected chi connectivity index (χ1v) is 11.3. The maximum Gasteiger partial charge on any atom is 0.259 e. The standard InChI is InChI=1S/C20H20Cl2N4OS2/c1-4-23-29-13-10-14(16(22)15(21)11-13)17(27)24-19-26-25-18(28-19)20(2,3)12-8-6-5-7-9-12/h5-11,23H,4H2,1-3H3,(H,24,26,27). The summed E-state index contributed by atoms with van der Waals surface area (Å²) in [5.74, 6) is -0.379. The van der Waals surface area contributed by atoms with E-state index in [0.29, 0.717) is 15.7 Å². The molecule has 0 atom stereocenters. The van der Waals surface area contributed by atoms with Crippen molar-refractivity contribution in [3.8, 4) is 0 Å². The molecule has 0 bridgehead atoms. The van der Waals surface area contributed by atoms with Gasteiger partial charge in [0.2, 0.25) is 5.13 Å². The molecule has 0 aliphatic carbocycles. The Bertz CT molecular complexity index is 1010. The number of aromatic nitrogens is 2. The summed E-state index contributed by atoms with van der Waals surface area (Å²) in [7, 11) is 0. The first-order chi connectivity index (χ1) is 13.8. The number of amides is 1. The fraction of sp³-hybridized carbons (Fsp3) is 0.250. The summed E-state index contributed by atoms with van der Waals surface area (Å²) >= 11 is 15.2. The van der Waals surface area contributed by atoms with E-state index in [-0.39, 0.29) is 16.3 Å². The van der Waals surface area contributed by atoms with Crippen LogP contribution < -0.4 is 10.0 Å². The Balaban J connectivity index is 1.81. The Morgan fingerprint density at radius 1 is 1.17 bits per heavy atom. The Labute approximate surface area is 188 Å². The molecule has 2 N–H and O–H groups in total. The number of halogens is 2. The molecule has 1 aromatic heterocycles. The zero-order valence-corrected chi connectivity index (χ0v) is 19.3. The number of hydrogen-bond acceptors (Lipinski definition) is 6. The van der Waals surface area contributed by atoms with E-state index in [1.54, 1.807) is 12.1 Å². The number of benzene rings is 2. The second kappa shape index (κ2) is 9.45. The number of anilines is 1. The predicted octanol–water partition coefficient (Wildman–Crippen LogP) is 6.04. The van der Waals surface area contributed by atoms with Crippen LogP contribution in [-0.2, 0) is 5.41 Å². The summed E-state index contributed by atoms with van der Waals surface area (Å²) in [6.07, 6.45) is 0. The van der Waals surface area contributed by atoms with Crippen LogP contribution in [0.1, 0.15) is 41.7 Å². The number of carbonyl (C=O) groups excluding carboxylic acids is 1. The van der Waals surface area contributed by atoms with Crippen molar-refractivity contribution in [1.82, 2.24) is 14.9 Å². The van der Waals surface area contributed by atoms with Crippen molar-refractivity contribution in [1.29, 1.82) is 0 Å². The molecule has 0 unspecified atom stereocenters. The minimum atomic E-state index is -0.379. The Hall–Kier alpha value is -1.64. The quantitative estimate of drug-likeness (QED) is 0.415. The highest BCUT2D eigenvalue weighted by Crippen LogP contribution is 2.35. The summed E-state index contributed by atoms with van der Waals surface area (Å²) < 4.78 is 3.13. The van der Waals surface area contributed by atoms with Gasteiger partial charge in [0.25, 0.3) is 5.91 Å². The minimum Gasteiger partial charge on any atom is -0.296 e. The van der Waals surface area contributed by atoms with Crippen LogP contribution in [0.4, 0.5) is 5.13 Å². The van der Waals surface area contributed by atoms with E-state index in [1.165, 1.54) is 23.3 Å². The van der Waals surface area contributed by atoms with Crippen molar-refractivity contribution in [2.75, 3.05) is 11.9 Å². The molecule has 0 spiro atoms. The maximum atomic E-state index is 12.8. The van der Waals surface area contributed by atoms with Gasteiger partial charge in [0.05, 0.1) is 15.6 Å². The fourth-order valence-corrected chi connectivity index (χ4v) is 4.62. The van der Waals surface area contributed by atoms with E-state index in [0.717, 1.165) is 22.0 Å². The lowest BCUT2D eigenvalue weighted by atomic mass is 9.85. The zero-order chi connectivity index (χ0) is 21.0. The van der Waals surface area contributed by atoms with Gasteiger partial charge in [-0.1, -0.05) is 71.8 Å². The van der Waals surface area contributed by atoms with Crippen LogP contribution in [0.15, 0.2) is 47.4 Å². The van der Waals surface area contributed by atoms with Gasteiger partial charge in [-0.15, -0.1) is 10.2 Å². The number of nitrogens with zero attached hydrogens (tertiary/aromatic N) is 2.